The summed E-state index contributed by atoms with van der Waals surface area (Å²) in [5.41, 5.74) is 1.82. The number of aliphatic hydroxyl groups excluding tert-OH is 1. The second kappa shape index (κ2) is 10.4. The molecule has 1 aromatic carbocycles. The van der Waals surface area contributed by atoms with Gasteiger partial charge in [-0.15, -0.1) is 0 Å². The molecule has 0 aliphatic carbocycles. The van der Waals surface area contributed by atoms with Crippen LogP contribution < -0.4 is 0 Å². The van der Waals surface area contributed by atoms with E-state index < -0.39 is 11.6 Å². The van der Waals surface area contributed by atoms with E-state index in [1.54, 1.807) is 19.9 Å². The van der Waals surface area contributed by atoms with Crippen LogP contribution in [0.1, 0.15) is 39.7 Å². The number of Topliss-reactive ketones (excluding diaryl/α,β-unsaturated/α-hetero) is 1. The number of halogens is 2. The predicted molar refractivity (Wildman–Crippen MR) is 107 cm³/mol. The van der Waals surface area contributed by atoms with Gasteiger partial charge in [-0.05, 0) is 68.2 Å². The van der Waals surface area contributed by atoms with Crippen molar-refractivity contribution in [2.45, 2.75) is 34.1 Å². The lowest BCUT2D eigenvalue weighted by Crippen LogP contribution is -2.03. The van der Waals surface area contributed by atoms with Gasteiger partial charge in [0.05, 0.1) is 5.57 Å². The normalized spacial score (nSPS) is 13.7. The molecule has 3 nitrogen and oxygen atoms in total. The number of aliphatic hydroxyl groups is 1. The lowest BCUT2D eigenvalue weighted by molar-refractivity contribution is -0.113. The minimum Gasteiger partial charge on any atom is -0.507 e. The van der Waals surface area contributed by atoms with Gasteiger partial charge in [0.25, 0.3) is 0 Å². The van der Waals surface area contributed by atoms with Gasteiger partial charge >= 0.3 is 0 Å². The lowest BCUT2D eigenvalue weighted by Gasteiger charge is -2.07. The Morgan fingerprint density at radius 1 is 1.19 bits per heavy atom. The molecule has 0 unspecified atom stereocenters. The maximum absolute atomic E-state index is 13.9. The van der Waals surface area contributed by atoms with Crippen LogP contribution in [-0.2, 0) is 4.79 Å². The minimum atomic E-state index is -0.569. The predicted octanol–water partition coefficient (Wildman–Crippen LogP) is 5.75. The molecule has 0 saturated carbocycles. The Kier molecular flexibility index (Phi) is 8.52. The number of carbonyl (C=O) groups is 1. The smallest absolute Gasteiger partial charge is 0.165 e. The zero-order valence-electron chi connectivity index (χ0n) is 16.1. The summed E-state index contributed by atoms with van der Waals surface area (Å²) in [6.07, 6.45) is 5.23. The Labute approximate surface area is 159 Å². The largest absolute Gasteiger partial charge is 0.507 e. The first-order valence-electron chi connectivity index (χ1n) is 8.62. The van der Waals surface area contributed by atoms with Crippen molar-refractivity contribution in [3.63, 3.8) is 0 Å². The van der Waals surface area contributed by atoms with E-state index in [0.717, 1.165) is 24.6 Å². The van der Waals surface area contributed by atoms with Gasteiger partial charge < -0.3 is 5.11 Å². The number of benzene rings is 1. The molecule has 0 atom stereocenters. The molecule has 0 radical (unpaired) electrons. The van der Waals surface area contributed by atoms with E-state index in [9.17, 15) is 18.7 Å². The topological polar surface area (TPSA) is 49.7 Å². The quantitative estimate of drug-likeness (QED) is 0.273. The Morgan fingerprint density at radius 2 is 1.81 bits per heavy atom. The van der Waals surface area contributed by atoms with Gasteiger partial charge in [-0.3, -0.25) is 9.79 Å². The van der Waals surface area contributed by atoms with E-state index in [-0.39, 0.29) is 22.7 Å². The molecule has 27 heavy (non-hydrogen) atoms. The molecule has 0 amide bonds. The SMILES string of the molecule is C=C(/C=C(C)/C(C)=C/C(O)=C(\C=NCCC)C(C)=O)c1cc(F)ccc1F. The van der Waals surface area contributed by atoms with Crippen LogP contribution in [0.3, 0.4) is 0 Å². The van der Waals surface area contributed by atoms with Crippen LogP contribution in [0.2, 0.25) is 0 Å². The van der Waals surface area contributed by atoms with E-state index >= 15 is 0 Å². The first-order chi connectivity index (χ1) is 12.7. The fraction of sp³-hybridized carbons (Fsp3) is 0.273. The highest BCUT2D eigenvalue weighted by Gasteiger charge is 2.09. The van der Waals surface area contributed by atoms with E-state index in [2.05, 4.69) is 11.6 Å². The first-order valence-corrected chi connectivity index (χ1v) is 8.62. The molecule has 0 heterocycles. The molecule has 0 aromatic heterocycles. The van der Waals surface area contributed by atoms with Crippen molar-refractivity contribution in [2.24, 2.45) is 4.99 Å². The Bertz CT molecular complexity index is 846. The third-order valence-electron chi connectivity index (χ3n) is 3.87. The Balaban J connectivity index is 3.17. The standard InChI is InChI=1S/C22H25F2NO2/c1-6-9-25-13-20(17(5)26)22(27)11-15(3)14(2)10-16(4)19-12-18(23)7-8-21(19)24/h7-8,10-13,27H,4,6,9H2,1-3,5H3/b14-10+,15-11+,22-20-,25-13?. The van der Waals surface area contributed by atoms with Gasteiger partial charge in [-0.1, -0.05) is 19.6 Å². The summed E-state index contributed by atoms with van der Waals surface area (Å²) < 4.78 is 27.2. The number of carbonyl (C=O) groups excluding carboxylic acids is 1. The molecular weight excluding hydrogens is 348 g/mol. The molecule has 0 bridgehead atoms. The van der Waals surface area contributed by atoms with Crippen molar-refractivity contribution in [1.29, 1.82) is 0 Å². The van der Waals surface area contributed by atoms with E-state index in [0.29, 0.717) is 23.3 Å². The van der Waals surface area contributed by atoms with Crippen molar-refractivity contribution in [1.82, 2.24) is 0 Å². The number of nitrogens with zero attached hydrogens (tertiary/aromatic N) is 1. The van der Waals surface area contributed by atoms with Crippen LogP contribution >= 0.6 is 0 Å². The van der Waals surface area contributed by atoms with Gasteiger partial charge in [-0.25, -0.2) is 8.78 Å². The average Bonchev–Trinajstić information content (AvgIpc) is 2.60. The third-order valence-corrected chi connectivity index (χ3v) is 3.87. The highest BCUT2D eigenvalue weighted by Crippen LogP contribution is 2.23. The van der Waals surface area contributed by atoms with Crippen molar-refractivity contribution in [2.75, 3.05) is 6.54 Å². The van der Waals surface area contributed by atoms with Gasteiger partial charge in [0, 0.05) is 18.3 Å². The maximum Gasteiger partial charge on any atom is 0.165 e. The molecule has 144 valence electrons. The van der Waals surface area contributed by atoms with Crippen molar-refractivity contribution < 1.29 is 18.7 Å². The van der Waals surface area contributed by atoms with Crippen molar-refractivity contribution in [3.8, 4) is 0 Å². The van der Waals surface area contributed by atoms with E-state index in [1.165, 1.54) is 19.2 Å². The summed E-state index contributed by atoms with van der Waals surface area (Å²) in [5.74, 6) is -1.62. The van der Waals surface area contributed by atoms with Crippen LogP contribution in [0.5, 0.6) is 0 Å². The average molecular weight is 373 g/mol. The van der Waals surface area contributed by atoms with Gasteiger partial charge in [0.2, 0.25) is 0 Å². The number of hydrogen-bond donors (Lipinski definition) is 1. The molecule has 5 heteroatoms. The monoisotopic (exact) mass is 373 g/mol. The van der Waals surface area contributed by atoms with Crippen LogP contribution in [-0.4, -0.2) is 23.6 Å². The van der Waals surface area contributed by atoms with E-state index in [4.69, 9.17) is 0 Å². The third kappa shape index (κ3) is 6.77. The van der Waals surface area contributed by atoms with Crippen molar-refractivity contribution >= 4 is 17.6 Å². The maximum atomic E-state index is 13.9. The van der Waals surface area contributed by atoms with Gasteiger partial charge in [0.1, 0.15) is 17.4 Å². The second-order valence-electron chi connectivity index (χ2n) is 6.19. The minimum absolute atomic E-state index is 0.0676. The fourth-order valence-electron chi connectivity index (χ4n) is 2.22. The van der Waals surface area contributed by atoms with Crippen molar-refractivity contribution in [3.05, 3.63) is 76.6 Å². The summed E-state index contributed by atoms with van der Waals surface area (Å²) >= 11 is 0. The Hall–Kier alpha value is -2.82. The number of hydrogen-bond acceptors (Lipinski definition) is 3. The van der Waals surface area contributed by atoms with Crippen LogP contribution in [0.25, 0.3) is 5.57 Å². The molecule has 0 spiro atoms. The number of ketones is 1. The van der Waals surface area contributed by atoms with Crippen LogP contribution in [0.4, 0.5) is 8.78 Å². The fourth-order valence-corrected chi connectivity index (χ4v) is 2.22. The highest BCUT2D eigenvalue weighted by molar-refractivity contribution is 6.12. The molecule has 0 saturated heterocycles. The van der Waals surface area contributed by atoms with Crippen LogP contribution in [0, 0.1) is 11.6 Å². The van der Waals surface area contributed by atoms with Crippen LogP contribution in [0.15, 0.2) is 64.4 Å². The number of aliphatic imine (C=N–C) groups is 1. The number of allylic oxidation sites excluding steroid dienone is 6. The summed E-state index contributed by atoms with van der Waals surface area (Å²) in [6, 6.07) is 3.17. The Morgan fingerprint density at radius 3 is 2.41 bits per heavy atom. The zero-order valence-corrected chi connectivity index (χ0v) is 16.1. The summed E-state index contributed by atoms with van der Waals surface area (Å²) in [7, 11) is 0. The lowest BCUT2D eigenvalue weighted by atomic mass is 10.00. The molecule has 0 fully saturated rings. The second-order valence-corrected chi connectivity index (χ2v) is 6.19. The summed E-state index contributed by atoms with van der Waals surface area (Å²) in [5, 5.41) is 10.3. The first kappa shape index (κ1) is 22.2. The van der Waals surface area contributed by atoms with Gasteiger partial charge in [-0.2, -0.15) is 0 Å². The van der Waals surface area contributed by atoms with Gasteiger partial charge in [0.15, 0.2) is 5.78 Å². The number of rotatable bonds is 8. The summed E-state index contributed by atoms with van der Waals surface area (Å²) in [6.45, 7) is 11.1. The highest BCUT2D eigenvalue weighted by atomic mass is 19.1. The zero-order chi connectivity index (χ0) is 20.6. The molecule has 1 N–H and O–H groups in total. The molecular formula is C22H25F2NO2. The molecule has 0 aliphatic rings. The molecule has 0 aliphatic heterocycles. The molecule has 1 aromatic rings. The van der Waals surface area contributed by atoms with E-state index in [1.807, 2.05) is 6.92 Å². The molecule has 1 rings (SSSR count). The summed E-state index contributed by atoms with van der Waals surface area (Å²) in [4.78, 5) is 15.8.